The molecule has 0 spiro atoms. The zero-order valence-electron chi connectivity index (χ0n) is 8.69. The minimum absolute atomic E-state index is 0.0247. The molecule has 0 radical (unpaired) electrons. The summed E-state index contributed by atoms with van der Waals surface area (Å²) in [4.78, 5) is 17.3. The highest BCUT2D eigenvalue weighted by Crippen LogP contribution is 2.26. The summed E-state index contributed by atoms with van der Waals surface area (Å²) >= 11 is 1.53. The van der Waals surface area contributed by atoms with Gasteiger partial charge in [-0.1, -0.05) is 11.8 Å². The van der Waals surface area contributed by atoms with E-state index in [0.29, 0.717) is 11.8 Å². The summed E-state index contributed by atoms with van der Waals surface area (Å²) in [5, 5.41) is 9.86. The number of likely N-dealkylation sites (tertiary alicyclic amines) is 1. The lowest BCUT2D eigenvalue weighted by molar-refractivity contribution is -0.115. The van der Waals surface area contributed by atoms with Gasteiger partial charge in [-0.2, -0.15) is 4.99 Å². The average Bonchev–Trinajstić information content (AvgIpc) is 2.66. The Bertz CT molecular complexity index is 279. The van der Waals surface area contributed by atoms with Crippen molar-refractivity contribution in [1.29, 1.82) is 0 Å². The SMILES string of the molecule is O=C1CSC(N2CCCCC2CCO)=N1. The van der Waals surface area contributed by atoms with Gasteiger partial charge in [0, 0.05) is 19.2 Å². The molecule has 1 fully saturated rings. The third-order valence-corrected chi connectivity index (χ3v) is 3.86. The molecule has 0 aromatic rings. The Morgan fingerprint density at radius 1 is 1.53 bits per heavy atom. The number of hydrogen-bond donors (Lipinski definition) is 1. The number of aliphatic hydroxyl groups is 1. The first-order valence-electron chi connectivity index (χ1n) is 5.43. The van der Waals surface area contributed by atoms with Crippen LogP contribution in [0.2, 0.25) is 0 Å². The van der Waals surface area contributed by atoms with Gasteiger partial charge in [0.2, 0.25) is 0 Å². The summed E-state index contributed by atoms with van der Waals surface area (Å²) in [6.07, 6.45) is 4.27. The van der Waals surface area contributed by atoms with E-state index in [4.69, 9.17) is 5.11 Å². The second-order valence-electron chi connectivity index (χ2n) is 3.93. The molecule has 2 aliphatic rings. The van der Waals surface area contributed by atoms with Crippen LogP contribution in [-0.2, 0) is 4.79 Å². The van der Waals surface area contributed by atoms with Crippen LogP contribution in [0.25, 0.3) is 0 Å². The minimum atomic E-state index is -0.0247. The quantitative estimate of drug-likeness (QED) is 0.761. The molecule has 0 aromatic carbocycles. The highest BCUT2D eigenvalue weighted by molar-refractivity contribution is 8.14. The third-order valence-electron chi connectivity index (χ3n) is 2.88. The number of aliphatic imine (C=N–C) groups is 1. The van der Waals surface area contributed by atoms with Crippen molar-refractivity contribution < 1.29 is 9.90 Å². The Morgan fingerprint density at radius 2 is 2.40 bits per heavy atom. The van der Waals surface area contributed by atoms with Crippen LogP contribution >= 0.6 is 11.8 Å². The summed E-state index contributed by atoms with van der Waals surface area (Å²) in [5.41, 5.74) is 0. The summed E-state index contributed by atoms with van der Waals surface area (Å²) in [6.45, 7) is 1.19. The van der Waals surface area contributed by atoms with Crippen LogP contribution in [0.4, 0.5) is 0 Å². The predicted molar refractivity (Wildman–Crippen MR) is 60.9 cm³/mol. The van der Waals surface area contributed by atoms with Gasteiger partial charge in [-0.15, -0.1) is 0 Å². The first-order valence-corrected chi connectivity index (χ1v) is 6.41. The maximum atomic E-state index is 11.1. The number of rotatable bonds is 2. The van der Waals surface area contributed by atoms with Crippen molar-refractivity contribution in [1.82, 2.24) is 4.90 Å². The van der Waals surface area contributed by atoms with E-state index in [9.17, 15) is 4.79 Å². The molecule has 0 aromatic heterocycles. The second-order valence-corrected chi connectivity index (χ2v) is 4.87. The van der Waals surface area contributed by atoms with E-state index in [-0.39, 0.29) is 12.5 Å². The van der Waals surface area contributed by atoms with E-state index in [1.54, 1.807) is 0 Å². The maximum absolute atomic E-state index is 11.1. The molecule has 2 aliphatic heterocycles. The standard InChI is InChI=1S/C10H16N2O2S/c13-6-4-8-3-1-2-5-12(8)10-11-9(14)7-15-10/h8,13H,1-7H2. The summed E-state index contributed by atoms with van der Waals surface area (Å²) in [5.74, 6) is 0.459. The van der Waals surface area contributed by atoms with Crippen molar-refractivity contribution in [3.05, 3.63) is 0 Å². The molecule has 4 nitrogen and oxygen atoms in total. The van der Waals surface area contributed by atoms with Gasteiger partial charge in [-0.25, -0.2) is 0 Å². The van der Waals surface area contributed by atoms with Crippen LogP contribution < -0.4 is 0 Å². The van der Waals surface area contributed by atoms with Gasteiger partial charge in [0.05, 0.1) is 5.75 Å². The smallest absolute Gasteiger partial charge is 0.258 e. The van der Waals surface area contributed by atoms with Gasteiger partial charge in [0.25, 0.3) is 5.91 Å². The van der Waals surface area contributed by atoms with Crippen LogP contribution in [0, 0.1) is 0 Å². The van der Waals surface area contributed by atoms with Crippen LogP contribution in [0.1, 0.15) is 25.7 Å². The zero-order chi connectivity index (χ0) is 10.7. The van der Waals surface area contributed by atoms with Crippen molar-refractivity contribution >= 4 is 22.8 Å². The highest BCUT2D eigenvalue weighted by atomic mass is 32.2. The second kappa shape index (κ2) is 4.99. The van der Waals surface area contributed by atoms with E-state index in [1.807, 2.05) is 0 Å². The summed E-state index contributed by atoms with van der Waals surface area (Å²) < 4.78 is 0. The average molecular weight is 228 g/mol. The van der Waals surface area contributed by atoms with Crippen molar-refractivity contribution in [3.8, 4) is 0 Å². The van der Waals surface area contributed by atoms with Crippen molar-refractivity contribution in [2.75, 3.05) is 18.9 Å². The molecule has 1 atom stereocenters. The summed E-state index contributed by atoms with van der Waals surface area (Å²) in [6, 6.07) is 0.376. The minimum Gasteiger partial charge on any atom is -0.396 e. The lowest BCUT2D eigenvalue weighted by Gasteiger charge is -2.36. The molecule has 5 heteroatoms. The van der Waals surface area contributed by atoms with Crippen LogP contribution in [0.3, 0.4) is 0 Å². The van der Waals surface area contributed by atoms with E-state index in [2.05, 4.69) is 9.89 Å². The molecule has 15 heavy (non-hydrogen) atoms. The van der Waals surface area contributed by atoms with E-state index in [1.165, 1.54) is 18.2 Å². The van der Waals surface area contributed by atoms with Gasteiger partial charge < -0.3 is 10.0 Å². The number of nitrogens with zero attached hydrogens (tertiary/aromatic N) is 2. The van der Waals surface area contributed by atoms with E-state index < -0.39 is 0 Å². The zero-order valence-corrected chi connectivity index (χ0v) is 9.50. The Morgan fingerprint density at radius 3 is 3.07 bits per heavy atom. The van der Waals surface area contributed by atoms with Gasteiger partial charge >= 0.3 is 0 Å². The largest absolute Gasteiger partial charge is 0.396 e. The molecule has 1 saturated heterocycles. The van der Waals surface area contributed by atoms with Gasteiger partial charge in [0.15, 0.2) is 5.17 Å². The molecule has 1 amide bonds. The van der Waals surface area contributed by atoms with Crippen molar-refractivity contribution in [3.63, 3.8) is 0 Å². The molecular formula is C10H16N2O2S. The monoisotopic (exact) mass is 228 g/mol. The first kappa shape index (κ1) is 11.0. The maximum Gasteiger partial charge on any atom is 0.258 e. The molecular weight excluding hydrogens is 212 g/mol. The Hall–Kier alpha value is -0.550. The lowest BCUT2D eigenvalue weighted by atomic mass is 10.0. The molecule has 2 heterocycles. The van der Waals surface area contributed by atoms with Gasteiger partial charge in [-0.3, -0.25) is 4.79 Å². The molecule has 0 saturated carbocycles. The van der Waals surface area contributed by atoms with Crippen molar-refractivity contribution in [2.24, 2.45) is 4.99 Å². The van der Waals surface area contributed by atoms with Crippen LogP contribution in [-0.4, -0.2) is 46.0 Å². The van der Waals surface area contributed by atoms with Crippen molar-refractivity contribution in [2.45, 2.75) is 31.7 Å². The normalized spacial score (nSPS) is 27.0. The van der Waals surface area contributed by atoms with Crippen LogP contribution in [0.15, 0.2) is 4.99 Å². The van der Waals surface area contributed by atoms with Gasteiger partial charge in [0.1, 0.15) is 0 Å². The molecule has 84 valence electrons. The first-order chi connectivity index (χ1) is 7.31. The number of amides is 1. The molecule has 1 unspecified atom stereocenters. The van der Waals surface area contributed by atoms with Gasteiger partial charge in [-0.05, 0) is 25.7 Å². The fourth-order valence-electron chi connectivity index (χ4n) is 2.15. The third kappa shape index (κ3) is 2.52. The fourth-order valence-corrected chi connectivity index (χ4v) is 3.04. The summed E-state index contributed by atoms with van der Waals surface area (Å²) in [7, 11) is 0. The van der Waals surface area contributed by atoms with Crippen LogP contribution in [0.5, 0.6) is 0 Å². The number of aliphatic hydroxyl groups excluding tert-OH is 1. The number of amidine groups is 1. The number of carbonyl (C=O) groups is 1. The lowest BCUT2D eigenvalue weighted by Crippen LogP contribution is -2.42. The Kier molecular flexibility index (Phi) is 3.64. The molecule has 1 N–H and O–H groups in total. The highest BCUT2D eigenvalue weighted by Gasteiger charge is 2.28. The number of hydrogen-bond acceptors (Lipinski definition) is 4. The topological polar surface area (TPSA) is 52.9 Å². The fraction of sp³-hybridized carbons (Fsp3) is 0.800. The number of piperidine rings is 1. The Labute approximate surface area is 93.7 Å². The number of thioether (sulfide) groups is 1. The van der Waals surface area contributed by atoms with E-state index >= 15 is 0 Å². The Balaban J connectivity index is 2.04. The predicted octanol–water partition coefficient (Wildman–Crippen LogP) is 0.853. The molecule has 2 rings (SSSR count). The molecule has 0 bridgehead atoms. The molecule has 0 aliphatic carbocycles. The number of carbonyl (C=O) groups excluding carboxylic acids is 1. The van der Waals surface area contributed by atoms with E-state index in [0.717, 1.165) is 31.0 Å².